The van der Waals surface area contributed by atoms with Crippen molar-refractivity contribution in [2.75, 3.05) is 32.1 Å². The van der Waals surface area contributed by atoms with Crippen LogP contribution in [0.3, 0.4) is 0 Å². The maximum Gasteiger partial charge on any atom is 0.222 e. The number of ether oxygens (including phenoxy) is 1. The van der Waals surface area contributed by atoms with Gasteiger partial charge in [0.2, 0.25) is 5.91 Å². The van der Waals surface area contributed by atoms with Crippen LogP contribution in [0.1, 0.15) is 13.3 Å². The van der Waals surface area contributed by atoms with Crippen molar-refractivity contribution < 1.29 is 9.53 Å². The highest BCUT2D eigenvalue weighted by Crippen LogP contribution is 2.13. The number of hydrogen-bond donors (Lipinski definition) is 2. The quantitative estimate of drug-likeness (QED) is 0.749. The fourth-order valence-electron chi connectivity index (χ4n) is 1.86. The third-order valence-corrected chi connectivity index (χ3v) is 3.43. The van der Waals surface area contributed by atoms with Gasteiger partial charge < -0.3 is 20.7 Å². The van der Waals surface area contributed by atoms with Gasteiger partial charge in [-0.05, 0) is 19.1 Å². The number of amides is 1. The van der Waals surface area contributed by atoms with E-state index in [0.29, 0.717) is 19.5 Å². The van der Waals surface area contributed by atoms with Gasteiger partial charge in [-0.3, -0.25) is 4.79 Å². The maximum absolute atomic E-state index is 11.8. The molecule has 0 saturated carbocycles. The third-order valence-electron chi connectivity index (χ3n) is 3.43. The molecule has 0 radical (unpaired) electrons. The lowest BCUT2D eigenvalue weighted by atomic mass is 10.2. The van der Waals surface area contributed by atoms with E-state index in [1.165, 1.54) is 0 Å². The summed E-state index contributed by atoms with van der Waals surface area (Å²) in [6.45, 7) is 3.01. The van der Waals surface area contributed by atoms with E-state index in [9.17, 15) is 4.79 Å². The Bertz CT molecular complexity index is 403. The zero-order valence-corrected chi connectivity index (χ0v) is 15.0. The molecule has 2 atom stereocenters. The normalized spacial score (nSPS) is 12.4. The largest absolute Gasteiger partial charge is 0.380 e. The number of benzene rings is 1. The van der Waals surface area contributed by atoms with Crippen LogP contribution in [0, 0.1) is 0 Å². The number of carbonyl (C=O) groups excluding carboxylic acids is 1. The van der Waals surface area contributed by atoms with Crippen molar-refractivity contribution in [1.82, 2.24) is 5.32 Å². The van der Waals surface area contributed by atoms with Crippen LogP contribution in [-0.2, 0) is 9.53 Å². The average molecular weight is 352 g/mol. The van der Waals surface area contributed by atoms with Crippen molar-refractivity contribution in [1.29, 1.82) is 0 Å². The minimum Gasteiger partial charge on any atom is -0.380 e. The predicted molar refractivity (Wildman–Crippen MR) is 96.3 cm³/mol. The van der Waals surface area contributed by atoms with E-state index >= 15 is 0 Å². The summed E-state index contributed by atoms with van der Waals surface area (Å²) in [6.07, 6.45) is 0.0894. The number of rotatable bonds is 8. The van der Waals surface area contributed by atoms with Crippen LogP contribution in [0.4, 0.5) is 5.69 Å². The molecule has 5 nitrogen and oxygen atoms in total. The van der Waals surface area contributed by atoms with Crippen LogP contribution in [0.5, 0.6) is 0 Å². The monoisotopic (exact) mass is 351 g/mol. The first-order chi connectivity index (χ1) is 9.58. The van der Waals surface area contributed by atoms with Crippen molar-refractivity contribution in [3.8, 4) is 0 Å². The summed E-state index contributed by atoms with van der Waals surface area (Å²) in [5.41, 5.74) is 6.63. The highest BCUT2D eigenvalue weighted by molar-refractivity contribution is 5.85. The lowest BCUT2D eigenvalue weighted by molar-refractivity contribution is -0.123. The summed E-state index contributed by atoms with van der Waals surface area (Å²) in [5, 5.41) is 2.92. The Morgan fingerprint density at radius 1 is 1.32 bits per heavy atom. The topological polar surface area (TPSA) is 67.6 Å². The molecule has 0 heterocycles. The van der Waals surface area contributed by atoms with Gasteiger partial charge in [-0.25, -0.2) is 0 Å². The molecule has 0 bridgehead atoms. The lowest BCUT2D eigenvalue weighted by Gasteiger charge is -2.27. The number of nitrogens with two attached hydrogens (primary N) is 1. The summed E-state index contributed by atoms with van der Waals surface area (Å²) < 4.78 is 5.10. The molecule has 22 heavy (non-hydrogen) atoms. The van der Waals surface area contributed by atoms with Crippen LogP contribution in [0.2, 0.25) is 0 Å². The number of hydrogen-bond acceptors (Lipinski definition) is 4. The van der Waals surface area contributed by atoms with Crippen molar-refractivity contribution in [3.05, 3.63) is 30.3 Å². The van der Waals surface area contributed by atoms with Crippen molar-refractivity contribution >= 4 is 36.4 Å². The average Bonchev–Trinajstić information content (AvgIpc) is 2.50. The second kappa shape index (κ2) is 12.5. The second-order valence-corrected chi connectivity index (χ2v) is 4.90. The molecule has 7 heteroatoms. The number of nitrogens with one attached hydrogen (secondary N) is 1. The number of para-hydroxylation sites is 1. The van der Waals surface area contributed by atoms with E-state index in [-0.39, 0.29) is 42.9 Å². The molecule has 128 valence electrons. The Hall–Kier alpha value is -1.01. The summed E-state index contributed by atoms with van der Waals surface area (Å²) in [7, 11) is 3.58. The third kappa shape index (κ3) is 7.84. The number of anilines is 1. The number of halogens is 2. The molecule has 2 unspecified atom stereocenters. The number of nitrogens with zero attached hydrogens (tertiary/aromatic N) is 1. The molecule has 0 aliphatic rings. The van der Waals surface area contributed by atoms with Crippen LogP contribution in [-0.4, -0.2) is 45.3 Å². The highest BCUT2D eigenvalue weighted by Gasteiger charge is 2.14. The van der Waals surface area contributed by atoms with Gasteiger partial charge in [0, 0.05) is 39.0 Å². The Morgan fingerprint density at radius 3 is 2.41 bits per heavy atom. The molecule has 1 aromatic rings. The first-order valence-electron chi connectivity index (χ1n) is 6.86. The van der Waals surface area contributed by atoms with Crippen LogP contribution in [0.15, 0.2) is 30.3 Å². The first-order valence-corrected chi connectivity index (χ1v) is 6.86. The fourth-order valence-corrected chi connectivity index (χ4v) is 1.86. The zero-order chi connectivity index (χ0) is 15.0. The molecule has 3 N–H and O–H groups in total. The minimum atomic E-state index is -0.211. The van der Waals surface area contributed by atoms with Gasteiger partial charge in [0.1, 0.15) is 0 Å². The van der Waals surface area contributed by atoms with E-state index in [1.54, 1.807) is 7.11 Å². The number of methoxy groups -OCH3 is 1. The smallest absolute Gasteiger partial charge is 0.222 e. The van der Waals surface area contributed by atoms with Crippen molar-refractivity contribution in [3.63, 3.8) is 0 Å². The molecule has 0 aromatic heterocycles. The molecular weight excluding hydrogens is 325 g/mol. The van der Waals surface area contributed by atoms with E-state index < -0.39 is 0 Å². The number of carbonyl (C=O) groups is 1. The van der Waals surface area contributed by atoms with Gasteiger partial charge in [0.05, 0.1) is 12.5 Å². The standard InChI is InChI=1S/C15H25N3O2.2ClH/c1-12(18(2)13-7-5-4-6-8-13)11-17-15(19)9-14(10-16)20-3;;/h4-8,12,14H,9-11,16H2,1-3H3,(H,17,19);2*1H. The van der Waals surface area contributed by atoms with Gasteiger partial charge >= 0.3 is 0 Å². The molecule has 0 aliphatic heterocycles. The molecular formula is C15H27Cl2N3O2. The Morgan fingerprint density at radius 2 is 1.91 bits per heavy atom. The van der Waals surface area contributed by atoms with Crippen LogP contribution in [0.25, 0.3) is 0 Å². The van der Waals surface area contributed by atoms with Crippen LogP contribution >= 0.6 is 24.8 Å². The molecule has 1 amide bonds. The van der Waals surface area contributed by atoms with Gasteiger partial charge in [-0.15, -0.1) is 24.8 Å². The fraction of sp³-hybridized carbons (Fsp3) is 0.533. The zero-order valence-electron chi connectivity index (χ0n) is 13.3. The van der Waals surface area contributed by atoms with Gasteiger partial charge in [0.25, 0.3) is 0 Å². The summed E-state index contributed by atoms with van der Waals surface area (Å²) in [4.78, 5) is 13.9. The molecule has 0 fully saturated rings. The Balaban J connectivity index is 0. The van der Waals surface area contributed by atoms with Crippen LogP contribution < -0.4 is 16.0 Å². The molecule has 0 aliphatic carbocycles. The highest BCUT2D eigenvalue weighted by atomic mass is 35.5. The van der Waals surface area contributed by atoms with E-state index in [1.807, 2.05) is 37.4 Å². The molecule has 1 rings (SSSR count). The first kappa shape index (κ1) is 23.3. The molecule has 0 saturated heterocycles. The Labute approximate surface area is 145 Å². The Kier molecular flexibility index (Phi) is 13.2. The van der Waals surface area contributed by atoms with Crippen molar-refractivity contribution in [2.45, 2.75) is 25.5 Å². The SMILES string of the molecule is COC(CN)CC(=O)NCC(C)N(C)c1ccccc1.Cl.Cl. The van der Waals surface area contributed by atoms with E-state index in [2.05, 4.69) is 17.1 Å². The minimum absolute atomic E-state index is 0. The molecule has 1 aromatic carbocycles. The second-order valence-electron chi connectivity index (χ2n) is 4.90. The summed E-state index contributed by atoms with van der Waals surface area (Å²) >= 11 is 0. The lowest BCUT2D eigenvalue weighted by Crippen LogP contribution is -2.41. The van der Waals surface area contributed by atoms with Crippen molar-refractivity contribution in [2.24, 2.45) is 5.73 Å². The summed E-state index contributed by atoms with van der Waals surface area (Å²) in [6, 6.07) is 10.3. The molecule has 0 spiro atoms. The summed E-state index contributed by atoms with van der Waals surface area (Å²) in [5.74, 6) is -0.0318. The number of likely N-dealkylation sites (N-methyl/N-ethyl adjacent to an activating group) is 1. The predicted octanol–water partition coefficient (Wildman–Crippen LogP) is 1.83. The van der Waals surface area contributed by atoms with E-state index in [0.717, 1.165) is 5.69 Å². The van der Waals surface area contributed by atoms with E-state index in [4.69, 9.17) is 10.5 Å². The van der Waals surface area contributed by atoms with Gasteiger partial charge in [-0.2, -0.15) is 0 Å². The maximum atomic E-state index is 11.8. The van der Waals surface area contributed by atoms with Gasteiger partial charge in [-0.1, -0.05) is 18.2 Å². The van der Waals surface area contributed by atoms with Gasteiger partial charge in [0.15, 0.2) is 0 Å².